The molecule has 1 aromatic carbocycles. The maximum Gasteiger partial charge on any atom is 0.295 e. The number of nitrogens with zero attached hydrogens (tertiary/aromatic N) is 4. The normalized spacial score (nSPS) is 10.7. The number of hydrogen-bond acceptors (Lipinski definition) is 6. The van der Waals surface area contributed by atoms with E-state index in [0.717, 1.165) is 6.42 Å². The molecule has 0 spiro atoms. The van der Waals surface area contributed by atoms with E-state index in [9.17, 15) is 0 Å². The maximum absolute atomic E-state index is 5.41. The Labute approximate surface area is 108 Å². The zero-order valence-electron chi connectivity index (χ0n) is 10.1. The lowest BCUT2D eigenvalue weighted by molar-refractivity contribution is 0.420. The molecule has 0 radical (unpaired) electrons. The first-order valence-corrected chi connectivity index (χ1v) is 5.86. The zero-order chi connectivity index (χ0) is 13.1. The van der Waals surface area contributed by atoms with Crippen molar-refractivity contribution in [3.05, 3.63) is 41.7 Å². The van der Waals surface area contributed by atoms with Crippen LogP contribution in [0.15, 0.2) is 34.9 Å². The Bertz CT molecular complexity index is 660. The van der Waals surface area contributed by atoms with Gasteiger partial charge in [0.2, 0.25) is 11.8 Å². The van der Waals surface area contributed by atoms with Gasteiger partial charge in [-0.25, -0.2) is 0 Å². The predicted molar refractivity (Wildman–Crippen MR) is 67.9 cm³/mol. The summed E-state index contributed by atoms with van der Waals surface area (Å²) in [6.07, 6.45) is 1.56. The standard InChI is InChI=1S/C12H12N6O/c13-12-15-10(16-17-12)11-14-9(18-19-11)7-6-8-4-2-1-3-5-8/h1-5H,6-7H2,(H3,13,15,16,17). The molecular formula is C12H12N6O. The Balaban J connectivity index is 1.68. The van der Waals surface area contributed by atoms with Crippen molar-refractivity contribution >= 4 is 5.95 Å². The largest absolute Gasteiger partial charge is 0.366 e. The number of aryl methyl sites for hydroxylation is 2. The maximum atomic E-state index is 5.41. The number of benzene rings is 1. The molecule has 0 aliphatic rings. The summed E-state index contributed by atoms with van der Waals surface area (Å²) in [5.41, 5.74) is 6.65. The monoisotopic (exact) mass is 256 g/mol. The van der Waals surface area contributed by atoms with Crippen LogP contribution in [0.4, 0.5) is 5.95 Å². The van der Waals surface area contributed by atoms with E-state index in [1.165, 1.54) is 5.56 Å². The average molecular weight is 256 g/mol. The molecule has 2 heterocycles. The van der Waals surface area contributed by atoms with Gasteiger partial charge < -0.3 is 10.3 Å². The molecule has 0 amide bonds. The first-order valence-electron chi connectivity index (χ1n) is 5.86. The Kier molecular flexibility index (Phi) is 2.93. The van der Waals surface area contributed by atoms with Crippen LogP contribution in [0.25, 0.3) is 11.7 Å². The van der Waals surface area contributed by atoms with E-state index < -0.39 is 0 Å². The molecule has 0 unspecified atom stereocenters. The van der Waals surface area contributed by atoms with Gasteiger partial charge >= 0.3 is 0 Å². The van der Waals surface area contributed by atoms with Crippen LogP contribution in [0, 0.1) is 0 Å². The number of H-pyrrole nitrogens is 1. The van der Waals surface area contributed by atoms with Crippen molar-refractivity contribution in [2.24, 2.45) is 0 Å². The van der Waals surface area contributed by atoms with E-state index in [2.05, 4.69) is 37.5 Å². The summed E-state index contributed by atoms with van der Waals surface area (Å²) in [4.78, 5) is 8.17. The average Bonchev–Trinajstić information content (AvgIpc) is 3.06. The summed E-state index contributed by atoms with van der Waals surface area (Å²) < 4.78 is 5.10. The number of aromatic amines is 1. The molecule has 96 valence electrons. The molecule has 0 fully saturated rings. The van der Waals surface area contributed by atoms with Gasteiger partial charge in [0.1, 0.15) is 0 Å². The first-order chi connectivity index (χ1) is 9.31. The Morgan fingerprint density at radius 1 is 1.11 bits per heavy atom. The van der Waals surface area contributed by atoms with E-state index in [1.807, 2.05) is 18.2 Å². The van der Waals surface area contributed by atoms with Gasteiger partial charge in [0.25, 0.3) is 5.89 Å². The van der Waals surface area contributed by atoms with Crippen LogP contribution in [-0.4, -0.2) is 25.3 Å². The highest BCUT2D eigenvalue weighted by atomic mass is 16.5. The van der Waals surface area contributed by atoms with E-state index in [-0.39, 0.29) is 5.95 Å². The topological polar surface area (TPSA) is 107 Å². The van der Waals surface area contributed by atoms with Crippen molar-refractivity contribution < 1.29 is 4.52 Å². The van der Waals surface area contributed by atoms with E-state index in [1.54, 1.807) is 0 Å². The molecule has 0 bridgehead atoms. The van der Waals surface area contributed by atoms with Gasteiger partial charge in [0.15, 0.2) is 5.82 Å². The highest BCUT2D eigenvalue weighted by Crippen LogP contribution is 2.13. The molecule has 7 nitrogen and oxygen atoms in total. The summed E-state index contributed by atoms with van der Waals surface area (Å²) in [5.74, 6) is 1.47. The Hall–Kier alpha value is -2.70. The van der Waals surface area contributed by atoms with Crippen LogP contribution in [0.2, 0.25) is 0 Å². The van der Waals surface area contributed by atoms with Crippen molar-refractivity contribution in [1.29, 1.82) is 0 Å². The SMILES string of the molecule is Nc1n[nH]c(-c2nc(CCc3ccccc3)no2)n1. The number of nitrogens with two attached hydrogens (primary N) is 1. The number of hydrogen-bond donors (Lipinski definition) is 2. The number of nitrogen functional groups attached to an aromatic ring is 1. The molecule has 0 aliphatic heterocycles. The van der Waals surface area contributed by atoms with Crippen LogP contribution >= 0.6 is 0 Å². The molecule has 3 rings (SSSR count). The molecular weight excluding hydrogens is 244 g/mol. The van der Waals surface area contributed by atoms with Gasteiger partial charge in [0, 0.05) is 6.42 Å². The second kappa shape index (κ2) is 4.89. The van der Waals surface area contributed by atoms with Crippen molar-refractivity contribution in [2.75, 3.05) is 5.73 Å². The third-order valence-electron chi connectivity index (χ3n) is 2.65. The lowest BCUT2D eigenvalue weighted by Crippen LogP contribution is -1.93. The molecule has 0 saturated carbocycles. The predicted octanol–water partition coefficient (Wildman–Crippen LogP) is 1.22. The van der Waals surface area contributed by atoms with Crippen LogP contribution in [-0.2, 0) is 12.8 Å². The second-order valence-electron chi connectivity index (χ2n) is 4.04. The van der Waals surface area contributed by atoms with Crippen molar-refractivity contribution in [1.82, 2.24) is 25.3 Å². The minimum Gasteiger partial charge on any atom is -0.366 e. The number of anilines is 1. The molecule has 2 aromatic heterocycles. The zero-order valence-corrected chi connectivity index (χ0v) is 10.1. The number of aromatic nitrogens is 5. The Morgan fingerprint density at radius 2 is 1.95 bits per heavy atom. The molecule has 19 heavy (non-hydrogen) atoms. The Morgan fingerprint density at radius 3 is 2.68 bits per heavy atom. The van der Waals surface area contributed by atoms with Gasteiger partial charge in [-0.1, -0.05) is 35.5 Å². The van der Waals surface area contributed by atoms with E-state index >= 15 is 0 Å². The van der Waals surface area contributed by atoms with Gasteiger partial charge in [-0.05, 0) is 12.0 Å². The van der Waals surface area contributed by atoms with Gasteiger partial charge in [-0.2, -0.15) is 9.97 Å². The van der Waals surface area contributed by atoms with Crippen molar-refractivity contribution in [3.8, 4) is 11.7 Å². The van der Waals surface area contributed by atoms with Crippen LogP contribution in [0.3, 0.4) is 0 Å². The number of nitrogens with one attached hydrogen (secondary N) is 1. The van der Waals surface area contributed by atoms with Gasteiger partial charge in [0.05, 0.1) is 0 Å². The smallest absolute Gasteiger partial charge is 0.295 e. The summed E-state index contributed by atoms with van der Waals surface area (Å²) in [6, 6.07) is 10.1. The van der Waals surface area contributed by atoms with Gasteiger partial charge in [-0.3, -0.25) is 5.10 Å². The summed E-state index contributed by atoms with van der Waals surface area (Å²) >= 11 is 0. The minimum absolute atomic E-state index is 0.152. The fourth-order valence-electron chi connectivity index (χ4n) is 1.72. The summed E-state index contributed by atoms with van der Waals surface area (Å²) in [5, 5.41) is 10.2. The van der Waals surface area contributed by atoms with E-state index in [4.69, 9.17) is 10.3 Å². The van der Waals surface area contributed by atoms with Crippen LogP contribution < -0.4 is 5.73 Å². The molecule has 0 saturated heterocycles. The van der Waals surface area contributed by atoms with E-state index in [0.29, 0.717) is 24.0 Å². The highest BCUT2D eigenvalue weighted by Gasteiger charge is 2.12. The number of rotatable bonds is 4. The molecule has 0 aliphatic carbocycles. The highest BCUT2D eigenvalue weighted by molar-refractivity contribution is 5.41. The van der Waals surface area contributed by atoms with Crippen LogP contribution in [0.1, 0.15) is 11.4 Å². The minimum atomic E-state index is 0.152. The van der Waals surface area contributed by atoms with Crippen LogP contribution in [0.5, 0.6) is 0 Å². The fourth-order valence-corrected chi connectivity index (χ4v) is 1.72. The van der Waals surface area contributed by atoms with Crippen molar-refractivity contribution in [2.45, 2.75) is 12.8 Å². The first kappa shape index (κ1) is 11.4. The van der Waals surface area contributed by atoms with Gasteiger partial charge in [-0.15, -0.1) is 5.10 Å². The quantitative estimate of drug-likeness (QED) is 0.726. The summed E-state index contributed by atoms with van der Waals surface area (Å²) in [7, 11) is 0. The van der Waals surface area contributed by atoms with Crippen molar-refractivity contribution in [3.63, 3.8) is 0 Å². The lowest BCUT2D eigenvalue weighted by Gasteiger charge is -1.96. The molecule has 0 atom stereocenters. The second-order valence-corrected chi connectivity index (χ2v) is 4.04. The molecule has 3 aromatic rings. The summed E-state index contributed by atoms with van der Waals surface area (Å²) in [6.45, 7) is 0. The third-order valence-corrected chi connectivity index (χ3v) is 2.65. The lowest BCUT2D eigenvalue weighted by atomic mass is 10.1. The molecule has 7 heteroatoms. The third kappa shape index (κ3) is 2.59. The molecule has 3 N–H and O–H groups in total. The fraction of sp³-hybridized carbons (Fsp3) is 0.167.